The smallest absolute Gasteiger partial charge is 0.242 e. The zero-order valence-corrected chi connectivity index (χ0v) is 14.7. The van der Waals surface area contributed by atoms with E-state index in [0.717, 1.165) is 22.3 Å². The van der Waals surface area contributed by atoms with Gasteiger partial charge in [0.25, 0.3) is 0 Å². The van der Waals surface area contributed by atoms with Crippen LogP contribution in [0.5, 0.6) is 0 Å². The lowest BCUT2D eigenvalue weighted by atomic mass is 10.4. The Bertz CT molecular complexity index is 684. The van der Waals surface area contributed by atoms with E-state index in [0.29, 0.717) is 5.82 Å². The molecular formula is C13H16BrN3O2S2. The molecule has 2 rings (SSSR count). The standard InChI is InChI=1S/C13H16BrN3O2S2/c1-2-5-15-13-4-3-12(8-16-13)21(18,19)17-7-11-6-10(14)9-20-11/h3-4,6,8-9,17H,2,5,7H2,1H3,(H,15,16). The molecule has 21 heavy (non-hydrogen) atoms. The molecular weight excluding hydrogens is 374 g/mol. The number of aromatic nitrogens is 1. The lowest BCUT2D eigenvalue weighted by Crippen LogP contribution is -2.23. The van der Waals surface area contributed by atoms with E-state index in [2.05, 4.69) is 37.9 Å². The second kappa shape index (κ2) is 7.35. The zero-order chi connectivity index (χ0) is 15.3. The van der Waals surface area contributed by atoms with Gasteiger partial charge in [-0.05, 0) is 40.5 Å². The van der Waals surface area contributed by atoms with Crippen molar-refractivity contribution in [3.63, 3.8) is 0 Å². The number of rotatable bonds is 7. The summed E-state index contributed by atoms with van der Waals surface area (Å²) in [6.07, 6.45) is 2.35. The number of halogens is 1. The monoisotopic (exact) mass is 389 g/mol. The molecule has 0 aliphatic heterocycles. The van der Waals surface area contributed by atoms with Crippen molar-refractivity contribution < 1.29 is 8.42 Å². The van der Waals surface area contributed by atoms with Crippen LogP contribution in [-0.4, -0.2) is 19.9 Å². The van der Waals surface area contributed by atoms with Crippen molar-refractivity contribution in [2.24, 2.45) is 0 Å². The van der Waals surface area contributed by atoms with Crippen LogP contribution >= 0.6 is 27.3 Å². The van der Waals surface area contributed by atoms with Gasteiger partial charge in [0.15, 0.2) is 0 Å². The number of nitrogens with zero attached hydrogens (tertiary/aromatic N) is 1. The Morgan fingerprint density at radius 3 is 2.76 bits per heavy atom. The summed E-state index contributed by atoms with van der Waals surface area (Å²) in [5.41, 5.74) is 0. The molecule has 0 aliphatic carbocycles. The fourth-order valence-corrected chi connectivity index (χ4v) is 4.03. The molecule has 0 aromatic carbocycles. The second-order valence-electron chi connectivity index (χ2n) is 4.36. The molecule has 5 nitrogen and oxygen atoms in total. The van der Waals surface area contributed by atoms with Crippen molar-refractivity contribution >= 4 is 43.1 Å². The Kier molecular flexibility index (Phi) is 5.74. The highest BCUT2D eigenvalue weighted by Crippen LogP contribution is 2.20. The first kappa shape index (κ1) is 16.4. The van der Waals surface area contributed by atoms with E-state index in [4.69, 9.17) is 0 Å². The molecule has 8 heteroatoms. The minimum Gasteiger partial charge on any atom is -0.370 e. The van der Waals surface area contributed by atoms with Crippen LogP contribution in [-0.2, 0) is 16.6 Å². The molecule has 0 amide bonds. The third-order valence-corrected chi connectivity index (χ3v) is 5.75. The fourth-order valence-electron chi connectivity index (χ4n) is 1.59. The van der Waals surface area contributed by atoms with E-state index >= 15 is 0 Å². The molecule has 2 aromatic rings. The SMILES string of the molecule is CCCNc1ccc(S(=O)(=O)NCc2cc(Br)cs2)cn1. The summed E-state index contributed by atoms with van der Waals surface area (Å²) in [6, 6.07) is 5.12. The number of pyridine rings is 1. The van der Waals surface area contributed by atoms with Gasteiger partial charge in [-0.2, -0.15) is 0 Å². The molecule has 0 radical (unpaired) electrons. The molecule has 0 atom stereocenters. The molecule has 0 saturated heterocycles. The highest BCUT2D eigenvalue weighted by molar-refractivity contribution is 9.10. The predicted molar refractivity (Wildman–Crippen MR) is 89.1 cm³/mol. The van der Waals surface area contributed by atoms with Gasteiger partial charge < -0.3 is 5.32 Å². The van der Waals surface area contributed by atoms with Crippen molar-refractivity contribution in [3.05, 3.63) is 39.1 Å². The molecule has 0 unspecified atom stereocenters. The topological polar surface area (TPSA) is 71.1 Å². The molecule has 2 heterocycles. The number of sulfonamides is 1. The van der Waals surface area contributed by atoms with Crippen LogP contribution in [0, 0.1) is 0 Å². The summed E-state index contributed by atoms with van der Waals surface area (Å²) in [5, 5.41) is 5.02. The lowest BCUT2D eigenvalue weighted by molar-refractivity contribution is 0.581. The Morgan fingerprint density at radius 2 is 2.19 bits per heavy atom. The maximum atomic E-state index is 12.2. The number of anilines is 1. The summed E-state index contributed by atoms with van der Waals surface area (Å²) in [5.74, 6) is 0.679. The Morgan fingerprint density at radius 1 is 1.38 bits per heavy atom. The first-order chi connectivity index (χ1) is 10.0. The van der Waals surface area contributed by atoms with Crippen molar-refractivity contribution in [2.45, 2.75) is 24.8 Å². The molecule has 114 valence electrons. The third-order valence-electron chi connectivity index (χ3n) is 2.66. The molecule has 0 bridgehead atoms. The first-order valence-corrected chi connectivity index (χ1v) is 9.59. The van der Waals surface area contributed by atoms with Gasteiger partial charge in [-0.25, -0.2) is 18.1 Å². The maximum Gasteiger partial charge on any atom is 0.242 e. The Labute approximate surface area is 137 Å². The van der Waals surface area contributed by atoms with Gasteiger partial charge in [-0.1, -0.05) is 6.92 Å². The van der Waals surface area contributed by atoms with Crippen LogP contribution in [0.4, 0.5) is 5.82 Å². The largest absolute Gasteiger partial charge is 0.370 e. The van der Waals surface area contributed by atoms with Gasteiger partial charge in [0.2, 0.25) is 10.0 Å². The van der Waals surface area contributed by atoms with Gasteiger partial charge >= 0.3 is 0 Å². The van der Waals surface area contributed by atoms with Crippen LogP contribution in [0.3, 0.4) is 0 Å². The summed E-state index contributed by atoms with van der Waals surface area (Å²) in [6.45, 7) is 3.14. The van der Waals surface area contributed by atoms with Crippen LogP contribution in [0.25, 0.3) is 0 Å². The minimum atomic E-state index is -3.54. The molecule has 2 N–H and O–H groups in total. The number of thiophene rings is 1. The highest BCUT2D eigenvalue weighted by Gasteiger charge is 2.14. The lowest BCUT2D eigenvalue weighted by Gasteiger charge is -2.07. The molecule has 0 saturated carbocycles. The number of hydrogen-bond acceptors (Lipinski definition) is 5. The van der Waals surface area contributed by atoms with Crippen LogP contribution < -0.4 is 10.0 Å². The first-order valence-electron chi connectivity index (χ1n) is 6.44. The van der Waals surface area contributed by atoms with E-state index in [1.54, 1.807) is 12.1 Å². The van der Waals surface area contributed by atoms with E-state index in [-0.39, 0.29) is 11.4 Å². The third kappa shape index (κ3) is 4.77. The predicted octanol–water partition coefficient (Wildman–Crippen LogP) is 3.21. The van der Waals surface area contributed by atoms with Gasteiger partial charge in [0.05, 0.1) is 0 Å². The molecule has 0 aliphatic rings. The minimum absolute atomic E-state index is 0.167. The van der Waals surface area contributed by atoms with Crippen LogP contribution in [0.2, 0.25) is 0 Å². The van der Waals surface area contributed by atoms with Crippen LogP contribution in [0.1, 0.15) is 18.2 Å². The average molecular weight is 390 g/mol. The van der Waals surface area contributed by atoms with Gasteiger partial charge in [-0.3, -0.25) is 0 Å². The van der Waals surface area contributed by atoms with E-state index in [1.165, 1.54) is 17.5 Å². The second-order valence-corrected chi connectivity index (χ2v) is 8.04. The number of nitrogens with one attached hydrogen (secondary N) is 2. The van der Waals surface area contributed by atoms with E-state index in [1.807, 2.05) is 11.4 Å². The van der Waals surface area contributed by atoms with Crippen molar-refractivity contribution in [1.29, 1.82) is 0 Å². The highest BCUT2D eigenvalue weighted by atomic mass is 79.9. The fraction of sp³-hybridized carbons (Fsp3) is 0.308. The quantitative estimate of drug-likeness (QED) is 0.762. The van der Waals surface area contributed by atoms with Gasteiger partial charge in [0, 0.05) is 34.0 Å². The van der Waals surface area contributed by atoms with Crippen molar-refractivity contribution in [1.82, 2.24) is 9.71 Å². The molecule has 0 fully saturated rings. The van der Waals surface area contributed by atoms with E-state index < -0.39 is 10.0 Å². The van der Waals surface area contributed by atoms with E-state index in [9.17, 15) is 8.42 Å². The Hall–Kier alpha value is -0.960. The zero-order valence-electron chi connectivity index (χ0n) is 11.5. The normalized spacial score (nSPS) is 11.5. The maximum absolute atomic E-state index is 12.2. The van der Waals surface area contributed by atoms with Crippen molar-refractivity contribution in [2.75, 3.05) is 11.9 Å². The van der Waals surface area contributed by atoms with Gasteiger partial charge in [-0.15, -0.1) is 11.3 Å². The van der Waals surface area contributed by atoms with Crippen molar-refractivity contribution in [3.8, 4) is 0 Å². The molecule has 0 spiro atoms. The summed E-state index contributed by atoms with van der Waals surface area (Å²) >= 11 is 4.84. The summed E-state index contributed by atoms with van der Waals surface area (Å²) in [4.78, 5) is 5.22. The number of hydrogen-bond donors (Lipinski definition) is 2. The van der Waals surface area contributed by atoms with Crippen LogP contribution in [0.15, 0.2) is 39.1 Å². The molecule has 2 aromatic heterocycles. The Balaban J connectivity index is 2.01. The summed E-state index contributed by atoms with van der Waals surface area (Å²) in [7, 11) is -3.54. The summed E-state index contributed by atoms with van der Waals surface area (Å²) < 4.78 is 27.8. The van der Waals surface area contributed by atoms with Gasteiger partial charge in [0.1, 0.15) is 10.7 Å². The average Bonchev–Trinajstić information content (AvgIpc) is 2.89.